The van der Waals surface area contributed by atoms with E-state index in [0.717, 1.165) is 22.4 Å². The molecule has 3 N–H and O–H groups in total. The monoisotopic (exact) mass is 310 g/mol. The molecule has 2 aromatic carbocycles. The van der Waals surface area contributed by atoms with Crippen molar-refractivity contribution in [2.75, 3.05) is 7.11 Å². The maximum atomic E-state index is 6.25. The van der Waals surface area contributed by atoms with Crippen LogP contribution in [0, 0.1) is 6.92 Å². The number of nitrogens with two attached hydrogens (primary N) is 1. The van der Waals surface area contributed by atoms with E-state index in [1.807, 2.05) is 31.2 Å². The number of nitrogens with one attached hydrogen (secondary N) is 1. The molecule has 0 bridgehead atoms. The summed E-state index contributed by atoms with van der Waals surface area (Å²) in [7, 11) is 1.64. The Morgan fingerprint density at radius 2 is 1.85 bits per heavy atom. The summed E-state index contributed by atoms with van der Waals surface area (Å²) in [6.45, 7) is 2.00. The lowest BCUT2D eigenvalue weighted by molar-refractivity contribution is 0.414. The third-order valence-corrected chi connectivity index (χ3v) is 3.80. The van der Waals surface area contributed by atoms with Crippen molar-refractivity contribution in [2.45, 2.75) is 13.0 Å². The zero-order valence-corrected chi connectivity index (χ0v) is 12.8. The van der Waals surface area contributed by atoms with Gasteiger partial charge in [-0.05, 0) is 53.9 Å². The molecule has 0 radical (unpaired) electrons. The van der Waals surface area contributed by atoms with E-state index < -0.39 is 0 Å². The minimum absolute atomic E-state index is 0.230. The molecule has 1 unspecified atom stereocenters. The Balaban J connectivity index is 2.49. The molecule has 20 heavy (non-hydrogen) atoms. The van der Waals surface area contributed by atoms with E-state index in [1.165, 1.54) is 0 Å². The molecule has 3 nitrogen and oxygen atoms in total. The number of ether oxygens (including phenoxy) is 1. The summed E-state index contributed by atoms with van der Waals surface area (Å²) in [5.41, 5.74) is 5.72. The number of hydrogen-bond acceptors (Lipinski definition) is 3. The zero-order chi connectivity index (χ0) is 14.7. The number of hydrazine groups is 1. The maximum absolute atomic E-state index is 6.25. The lowest BCUT2D eigenvalue weighted by atomic mass is 9.95. The molecule has 0 spiro atoms. The molecule has 0 aromatic heterocycles. The first-order chi connectivity index (χ1) is 9.56. The smallest absolute Gasteiger partial charge is 0.119 e. The van der Waals surface area contributed by atoms with Crippen LogP contribution in [-0.2, 0) is 0 Å². The van der Waals surface area contributed by atoms with Crippen molar-refractivity contribution in [1.29, 1.82) is 0 Å². The van der Waals surface area contributed by atoms with Crippen LogP contribution in [0.25, 0.3) is 0 Å². The molecule has 0 saturated heterocycles. The van der Waals surface area contributed by atoms with Crippen LogP contribution in [0.1, 0.15) is 22.7 Å². The fourth-order valence-corrected chi connectivity index (χ4v) is 2.59. The summed E-state index contributed by atoms with van der Waals surface area (Å²) < 4.78 is 5.21. The van der Waals surface area contributed by atoms with Gasteiger partial charge in [0.25, 0.3) is 0 Å². The van der Waals surface area contributed by atoms with Gasteiger partial charge in [0, 0.05) is 10.0 Å². The van der Waals surface area contributed by atoms with E-state index in [1.54, 1.807) is 19.2 Å². The summed E-state index contributed by atoms with van der Waals surface area (Å²) >= 11 is 12.3. The minimum Gasteiger partial charge on any atom is -0.497 e. The van der Waals surface area contributed by atoms with Gasteiger partial charge in [-0.15, -0.1) is 0 Å². The highest BCUT2D eigenvalue weighted by Crippen LogP contribution is 2.32. The zero-order valence-electron chi connectivity index (χ0n) is 11.3. The largest absolute Gasteiger partial charge is 0.497 e. The second-order valence-corrected chi connectivity index (χ2v) is 5.33. The molecular weight excluding hydrogens is 295 g/mol. The SMILES string of the molecule is COc1ccc(C(NN)c2cc(Cl)ccc2Cl)c(C)c1. The van der Waals surface area contributed by atoms with E-state index in [4.69, 9.17) is 33.8 Å². The standard InChI is InChI=1S/C15H16Cl2N2O/c1-9-7-11(20-2)4-5-12(9)15(19-18)13-8-10(16)3-6-14(13)17/h3-8,15,19H,18H2,1-2H3. The van der Waals surface area contributed by atoms with Crippen LogP contribution in [0.3, 0.4) is 0 Å². The highest BCUT2D eigenvalue weighted by molar-refractivity contribution is 6.33. The second-order valence-electron chi connectivity index (χ2n) is 4.49. The highest BCUT2D eigenvalue weighted by atomic mass is 35.5. The minimum atomic E-state index is -0.230. The highest BCUT2D eigenvalue weighted by Gasteiger charge is 2.18. The third kappa shape index (κ3) is 3.07. The lowest BCUT2D eigenvalue weighted by Gasteiger charge is -2.21. The number of halogens is 2. The lowest BCUT2D eigenvalue weighted by Crippen LogP contribution is -2.29. The van der Waals surface area contributed by atoms with Gasteiger partial charge in [0.05, 0.1) is 13.2 Å². The Kier molecular flexibility index (Phi) is 4.89. The van der Waals surface area contributed by atoms with Crippen molar-refractivity contribution in [3.63, 3.8) is 0 Å². The summed E-state index contributed by atoms with van der Waals surface area (Å²) in [5, 5.41) is 1.24. The average Bonchev–Trinajstić information content (AvgIpc) is 2.44. The topological polar surface area (TPSA) is 47.3 Å². The molecule has 2 aromatic rings. The molecule has 0 fully saturated rings. The first-order valence-electron chi connectivity index (χ1n) is 6.12. The Bertz CT molecular complexity index is 617. The van der Waals surface area contributed by atoms with E-state index >= 15 is 0 Å². The number of methoxy groups -OCH3 is 1. The fraction of sp³-hybridized carbons (Fsp3) is 0.200. The molecule has 2 rings (SSSR count). The van der Waals surface area contributed by atoms with Crippen molar-refractivity contribution in [3.05, 3.63) is 63.1 Å². The molecule has 0 amide bonds. The predicted molar refractivity (Wildman–Crippen MR) is 83.4 cm³/mol. The molecule has 0 heterocycles. The Morgan fingerprint density at radius 3 is 2.45 bits per heavy atom. The van der Waals surface area contributed by atoms with E-state index in [-0.39, 0.29) is 6.04 Å². The quantitative estimate of drug-likeness (QED) is 0.666. The molecule has 5 heteroatoms. The molecule has 0 saturated carbocycles. The van der Waals surface area contributed by atoms with Crippen LogP contribution in [0.15, 0.2) is 36.4 Å². The van der Waals surface area contributed by atoms with Gasteiger partial charge in [0.15, 0.2) is 0 Å². The predicted octanol–water partition coefficient (Wildman–Crippen LogP) is 3.86. The van der Waals surface area contributed by atoms with Crippen molar-refractivity contribution in [2.24, 2.45) is 5.84 Å². The first kappa shape index (κ1) is 15.1. The van der Waals surface area contributed by atoms with Gasteiger partial charge in [0.2, 0.25) is 0 Å². The Hall–Kier alpha value is -1.26. The molecule has 106 valence electrons. The fourth-order valence-electron chi connectivity index (χ4n) is 2.18. The van der Waals surface area contributed by atoms with Crippen molar-refractivity contribution < 1.29 is 4.74 Å². The van der Waals surface area contributed by atoms with Crippen LogP contribution >= 0.6 is 23.2 Å². The van der Waals surface area contributed by atoms with Crippen LogP contribution in [0.4, 0.5) is 0 Å². The molecule has 0 aliphatic rings. The number of aryl methyl sites for hydroxylation is 1. The van der Waals surface area contributed by atoms with E-state index in [0.29, 0.717) is 10.0 Å². The molecular formula is C15H16Cl2N2O. The van der Waals surface area contributed by atoms with Crippen molar-refractivity contribution in [3.8, 4) is 5.75 Å². The average molecular weight is 311 g/mol. The van der Waals surface area contributed by atoms with Gasteiger partial charge in [0.1, 0.15) is 5.75 Å². The van der Waals surface area contributed by atoms with Crippen molar-refractivity contribution >= 4 is 23.2 Å². The first-order valence-corrected chi connectivity index (χ1v) is 6.88. The summed E-state index contributed by atoms with van der Waals surface area (Å²) in [6, 6.07) is 10.9. The van der Waals surface area contributed by atoms with Crippen LogP contribution < -0.4 is 16.0 Å². The molecule has 1 atom stereocenters. The Morgan fingerprint density at radius 1 is 1.10 bits per heavy atom. The van der Waals surface area contributed by atoms with E-state index in [9.17, 15) is 0 Å². The normalized spacial score (nSPS) is 12.2. The number of hydrogen-bond donors (Lipinski definition) is 2. The van der Waals surface area contributed by atoms with Crippen LogP contribution in [0.5, 0.6) is 5.75 Å². The molecule has 0 aliphatic heterocycles. The van der Waals surface area contributed by atoms with Crippen LogP contribution in [0.2, 0.25) is 10.0 Å². The second kappa shape index (κ2) is 6.46. The van der Waals surface area contributed by atoms with Crippen LogP contribution in [-0.4, -0.2) is 7.11 Å². The van der Waals surface area contributed by atoms with Gasteiger partial charge in [-0.1, -0.05) is 29.3 Å². The van der Waals surface area contributed by atoms with Gasteiger partial charge >= 0.3 is 0 Å². The summed E-state index contributed by atoms with van der Waals surface area (Å²) in [6.07, 6.45) is 0. The van der Waals surface area contributed by atoms with Gasteiger partial charge in [-0.2, -0.15) is 0 Å². The van der Waals surface area contributed by atoms with Gasteiger partial charge in [-0.25, -0.2) is 5.43 Å². The van der Waals surface area contributed by atoms with Gasteiger partial charge in [-0.3, -0.25) is 5.84 Å². The third-order valence-electron chi connectivity index (χ3n) is 3.22. The number of benzene rings is 2. The summed E-state index contributed by atoms with van der Waals surface area (Å²) in [4.78, 5) is 0. The summed E-state index contributed by atoms with van der Waals surface area (Å²) in [5.74, 6) is 6.52. The van der Waals surface area contributed by atoms with E-state index in [2.05, 4.69) is 5.43 Å². The number of rotatable bonds is 4. The molecule has 0 aliphatic carbocycles. The Labute approximate surface area is 128 Å². The van der Waals surface area contributed by atoms with Gasteiger partial charge < -0.3 is 4.74 Å². The van der Waals surface area contributed by atoms with Crippen molar-refractivity contribution in [1.82, 2.24) is 5.43 Å². The maximum Gasteiger partial charge on any atom is 0.119 e.